The van der Waals surface area contributed by atoms with Crippen LogP contribution >= 0.6 is 0 Å². The molecule has 90 valence electrons. The molecule has 1 atom stereocenters. The number of ether oxygens (including phenoxy) is 1. The number of fused-ring (bicyclic) bond motifs is 1. The zero-order valence-electron chi connectivity index (χ0n) is 9.73. The van der Waals surface area contributed by atoms with Gasteiger partial charge in [0.25, 0.3) is 0 Å². The third-order valence-electron chi connectivity index (χ3n) is 2.84. The second kappa shape index (κ2) is 4.51. The third-order valence-corrected chi connectivity index (χ3v) is 2.84. The van der Waals surface area contributed by atoms with Gasteiger partial charge in [0, 0.05) is 17.1 Å². The minimum atomic E-state index is -0.459. The average Bonchev–Trinajstić information content (AvgIpc) is 2.72. The molecule has 2 rings (SSSR count). The van der Waals surface area contributed by atoms with Gasteiger partial charge in [-0.25, -0.2) is 0 Å². The van der Waals surface area contributed by atoms with E-state index in [4.69, 9.17) is 10.5 Å². The predicted octanol–water partition coefficient (Wildman–Crippen LogP) is 2.12. The summed E-state index contributed by atoms with van der Waals surface area (Å²) in [6.45, 7) is 3.45. The molecule has 0 spiro atoms. The Morgan fingerprint density at radius 3 is 3.00 bits per heavy atom. The number of aliphatic hydroxyl groups is 1. The van der Waals surface area contributed by atoms with Crippen molar-refractivity contribution in [1.29, 1.82) is 0 Å². The van der Waals surface area contributed by atoms with Crippen molar-refractivity contribution in [3.63, 3.8) is 0 Å². The molecule has 17 heavy (non-hydrogen) atoms. The summed E-state index contributed by atoms with van der Waals surface area (Å²) < 4.78 is 5.32. The van der Waals surface area contributed by atoms with Crippen LogP contribution in [0.25, 0.3) is 10.9 Å². The molecule has 1 unspecified atom stereocenters. The monoisotopic (exact) mass is 232 g/mol. The molecule has 0 aliphatic rings. The Kier molecular flexibility index (Phi) is 3.06. The average molecular weight is 232 g/mol. The van der Waals surface area contributed by atoms with Crippen LogP contribution in [0.2, 0.25) is 0 Å². The van der Waals surface area contributed by atoms with Crippen LogP contribution in [0.15, 0.2) is 36.7 Å². The summed E-state index contributed by atoms with van der Waals surface area (Å²) in [6.07, 6.45) is 2.41. The van der Waals surface area contributed by atoms with Gasteiger partial charge >= 0.3 is 0 Å². The lowest BCUT2D eigenvalue weighted by Gasteiger charge is -2.10. The van der Waals surface area contributed by atoms with Crippen molar-refractivity contribution in [2.75, 3.05) is 7.11 Å². The highest BCUT2D eigenvalue weighted by molar-refractivity contribution is 5.89. The van der Waals surface area contributed by atoms with Gasteiger partial charge in [-0.15, -0.1) is 0 Å². The van der Waals surface area contributed by atoms with Gasteiger partial charge < -0.3 is 20.6 Å². The Bertz CT molecular complexity index is 545. The van der Waals surface area contributed by atoms with Gasteiger partial charge in [-0.3, -0.25) is 0 Å². The highest BCUT2D eigenvalue weighted by Crippen LogP contribution is 2.29. The second-order valence-corrected chi connectivity index (χ2v) is 4.00. The van der Waals surface area contributed by atoms with E-state index in [1.54, 1.807) is 7.11 Å². The van der Waals surface area contributed by atoms with E-state index in [1.165, 1.54) is 0 Å². The highest BCUT2D eigenvalue weighted by Gasteiger charge is 2.13. The SMILES string of the molecule is C=C(O)C(N)Cc1c[nH]c2cccc(OC)c12. The van der Waals surface area contributed by atoms with Crippen LogP contribution in [-0.4, -0.2) is 23.2 Å². The quantitative estimate of drug-likeness (QED) is 0.707. The summed E-state index contributed by atoms with van der Waals surface area (Å²) in [5, 5.41) is 10.3. The van der Waals surface area contributed by atoms with Crippen LogP contribution in [0, 0.1) is 0 Å². The van der Waals surface area contributed by atoms with Crippen molar-refractivity contribution in [2.45, 2.75) is 12.5 Å². The van der Waals surface area contributed by atoms with Crippen LogP contribution < -0.4 is 10.5 Å². The minimum absolute atomic E-state index is 0.00533. The zero-order valence-corrected chi connectivity index (χ0v) is 9.73. The maximum Gasteiger partial charge on any atom is 0.128 e. The first-order valence-electron chi connectivity index (χ1n) is 5.39. The molecular weight excluding hydrogens is 216 g/mol. The van der Waals surface area contributed by atoms with E-state index in [2.05, 4.69) is 11.6 Å². The Balaban J connectivity index is 2.44. The van der Waals surface area contributed by atoms with Crippen molar-refractivity contribution in [3.05, 3.63) is 42.3 Å². The predicted molar refractivity (Wildman–Crippen MR) is 68.3 cm³/mol. The molecule has 0 saturated carbocycles. The largest absolute Gasteiger partial charge is 0.511 e. The first-order valence-corrected chi connectivity index (χ1v) is 5.39. The summed E-state index contributed by atoms with van der Waals surface area (Å²) in [5.41, 5.74) is 7.80. The van der Waals surface area contributed by atoms with Crippen molar-refractivity contribution < 1.29 is 9.84 Å². The van der Waals surface area contributed by atoms with Gasteiger partial charge in [0.1, 0.15) is 11.5 Å². The van der Waals surface area contributed by atoms with Gasteiger partial charge in [0.2, 0.25) is 0 Å². The van der Waals surface area contributed by atoms with E-state index < -0.39 is 6.04 Å². The molecule has 0 amide bonds. The number of aromatic nitrogens is 1. The summed E-state index contributed by atoms with van der Waals surface area (Å²) >= 11 is 0. The maximum absolute atomic E-state index is 9.26. The van der Waals surface area contributed by atoms with Gasteiger partial charge in [-0.1, -0.05) is 12.6 Å². The molecule has 4 heteroatoms. The normalized spacial score (nSPS) is 12.6. The number of rotatable bonds is 4. The van der Waals surface area contributed by atoms with E-state index >= 15 is 0 Å². The van der Waals surface area contributed by atoms with Gasteiger partial charge in [0.15, 0.2) is 0 Å². The first kappa shape index (κ1) is 11.5. The summed E-state index contributed by atoms with van der Waals surface area (Å²) in [5.74, 6) is 0.795. The number of H-pyrrole nitrogens is 1. The Labute approximate surface area is 99.7 Å². The van der Waals surface area contributed by atoms with Crippen LogP contribution in [0.4, 0.5) is 0 Å². The topological polar surface area (TPSA) is 71.3 Å². The molecule has 0 aliphatic carbocycles. The zero-order chi connectivity index (χ0) is 12.4. The first-order chi connectivity index (χ1) is 8.13. The number of aliphatic hydroxyl groups excluding tert-OH is 1. The highest BCUT2D eigenvalue weighted by atomic mass is 16.5. The van der Waals surface area contributed by atoms with Crippen LogP contribution in [0.3, 0.4) is 0 Å². The number of nitrogens with two attached hydrogens (primary N) is 1. The smallest absolute Gasteiger partial charge is 0.128 e. The van der Waals surface area contributed by atoms with Crippen molar-refractivity contribution in [1.82, 2.24) is 4.98 Å². The van der Waals surface area contributed by atoms with Crippen LogP contribution in [0.5, 0.6) is 5.75 Å². The number of aromatic amines is 1. The summed E-state index contributed by atoms with van der Waals surface area (Å²) in [4.78, 5) is 3.16. The molecule has 4 nitrogen and oxygen atoms in total. The fourth-order valence-electron chi connectivity index (χ4n) is 1.91. The maximum atomic E-state index is 9.26. The van der Waals surface area contributed by atoms with E-state index in [0.29, 0.717) is 6.42 Å². The number of methoxy groups -OCH3 is 1. The summed E-state index contributed by atoms with van der Waals surface area (Å²) in [6, 6.07) is 5.34. The number of benzene rings is 1. The van der Waals surface area contributed by atoms with Crippen molar-refractivity contribution in [3.8, 4) is 5.75 Å². The molecule has 0 saturated heterocycles. The number of nitrogens with one attached hydrogen (secondary N) is 1. The third kappa shape index (κ3) is 2.12. The van der Waals surface area contributed by atoms with E-state index in [-0.39, 0.29) is 5.76 Å². The molecule has 0 radical (unpaired) electrons. The molecule has 1 heterocycles. The second-order valence-electron chi connectivity index (χ2n) is 4.00. The lowest BCUT2D eigenvalue weighted by Crippen LogP contribution is -2.24. The lowest BCUT2D eigenvalue weighted by molar-refractivity contribution is 0.368. The van der Waals surface area contributed by atoms with Gasteiger partial charge in [-0.2, -0.15) is 0 Å². The molecule has 1 aromatic carbocycles. The van der Waals surface area contributed by atoms with E-state index in [0.717, 1.165) is 22.2 Å². The standard InChI is InChI=1S/C13H16N2O2/c1-8(16)10(14)6-9-7-15-11-4-3-5-12(17-2)13(9)11/h3-5,7,10,15-16H,1,6,14H2,2H3. The van der Waals surface area contributed by atoms with E-state index in [1.807, 2.05) is 24.4 Å². The fraction of sp³-hybridized carbons (Fsp3) is 0.231. The van der Waals surface area contributed by atoms with E-state index in [9.17, 15) is 5.11 Å². The van der Waals surface area contributed by atoms with Crippen LogP contribution in [-0.2, 0) is 6.42 Å². The molecule has 0 bridgehead atoms. The van der Waals surface area contributed by atoms with Crippen LogP contribution in [0.1, 0.15) is 5.56 Å². The fourth-order valence-corrected chi connectivity index (χ4v) is 1.91. The van der Waals surface area contributed by atoms with Crippen molar-refractivity contribution >= 4 is 10.9 Å². The van der Waals surface area contributed by atoms with Gasteiger partial charge in [0.05, 0.1) is 13.2 Å². The van der Waals surface area contributed by atoms with Gasteiger partial charge in [-0.05, 0) is 24.1 Å². The molecular formula is C13H16N2O2. The minimum Gasteiger partial charge on any atom is -0.511 e. The van der Waals surface area contributed by atoms with Crippen molar-refractivity contribution in [2.24, 2.45) is 5.73 Å². The number of hydrogen-bond acceptors (Lipinski definition) is 3. The molecule has 4 N–H and O–H groups in total. The Hall–Kier alpha value is -1.94. The lowest BCUT2D eigenvalue weighted by atomic mass is 10.0. The molecule has 1 aromatic heterocycles. The Morgan fingerprint density at radius 1 is 1.59 bits per heavy atom. The summed E-state index contributed by atoms with van der Waals surface area (Å²) in [7, 11) is 1.64. The number of hydrogen-bond donors (Lipinski definition) is 3. The molecule has 0 fully saturated rings. The molecule has 0 aliphatic heterocycles. The Morgan fingerprint density at radius 2 is 2.35 bits per heavy atom. The molecule has 2 aromatic rings.